The van der Waals surface area contributed by atoms with Crippen molar-refractivity contribution in [3.63, 3.8) is 0 Å². The number of fused-ring (bicyclic) bond motifs is 8. The van der Waals surface area contributed by atoms with E-state index in [4.69, 9.17) is 20.2 Å². The predicted octanol–water partition coefficient (Wildman–Crippen LogP) is 5.36. The van der Waals surface area contributed by atoms with Crippen LogP contribution in [0.3, 0.4) is 0 Å². The molecule has 0 radical (unpaired) electrons. The minimum atomic E-state index is -0.869. The number of aliphatic hydroxyl groups excluding tert-OH is 2. The Balaban J connectivity index is 0.000000566. The molecule has 0 saturated heterocycles. The molecule has 3 aromatic rings. The Kier molecular flexibility index (Phi) is 15.4. The smallest absolute Gasteiger partial charge is 0.303 e. The normalized spacial score (nSPS) is 12.1. The summed E-state index contributed by atoms with van der Waals surface area (Å²) in [6.45, 7) is 12.2. The van der Waals surface area contributed by atoms with Gasteiger partial charge in [-0.05, 0) is 122 Å². The van der Waals surface area contributed by atoms with Crippen molar-refractivity contribution in [3.05, 3.63) is 69.3 Å². The van der Waals surface area contributed by atoms with Gasteiger partial charge < -0.3 is 41.9 Å². The molecule has 5 heterocycles. The maximum absolute atomic E-state index is 11.5. The maximum atomic E-state index is 11.5. The van der Waals surface area contributed by atoms with Crippen LogP contribution in [0.5, 0.6) is 0 Å². The molecule has 0 atom stereocenters. The zero-order valence-corrected chi connectivity index (χ0v) is 31.9. The van der Waals surface area contributed by atoms with Crippen LogP contribution < -0.4 is 11.5 Å². The Bertz CT molecular complexity index is 2120. The molecule has 8 bridgehead atoms. The Labute approximate surface area is 314 Å². The number of hydrogen-bond donors (Lipinski definition) is 8. The number of carboxylic acids is 2. The van der Waals surface area contributed by atoms with Gasteiger partial charge in [0, 0.05) is 47.8 Å². The Morgan fingerprint density at radius 1 is 0.574 bits per heavy atom. The van der Waals surface area contributed by atoms with E-state index in [1.165, 1.54) is 16.7 Å². The summed E-state index contributed by atoms with van der Waals surface area (Å²) < 4.78 is 0. The molecule has 14 heteroatoms. The SMILES string of the molecule is CCc1c(C)c2cc3[nH]c(cc4nc(cc5nc(cc1[nH]2)C(C)=C5CCC(=O)O)C(CCC(=O)O)=C4C)c(C)c3CC.NC(=O)CCO.NC(=O)CCO. The second-order valence-corrected chi connectivity index (χ2v) is 13.0. The van der Waals surface area contributed by atoms with Crippen molar-refractivity contribution in [2.24, 2.45) is 11.5 Å². The van der Waals surface area contributed by atoms with Crippen LogP contribution in [0.4, 0.5) is 0 Å². The van der Waals surface area contributed by atoms with Crippen LogP contribution in [0.1, 0.15) is 111 Å². The van der Waals surface area contributed by atoms with Gasteiger partial charge in [0.1, 0.15) is 0 Å². The van der Waals surface area contributed by atoms with Gasteiger partial charge in [0.2, 0.25) is 11.8 Å². The van der Waals surface area contributed by atoms with Gasteiger partial charge in [0.05, 0.1) is 36.0 Å². The van der Waals surface area contributed by atoms with Crippen LogP contribution >= 0.6 is 0 Å². The number of primary amides is 2. The molecular formula is C40H52N6O8. The molecule has 3 aromatic heterocycles. The summed E-state index contributed by atoms with van der Waals surface area (Å²) in [5.41, 5.74) is 24.6. The molecule has 290 valence electrons. The van der Waals surface area contributed by atoms with E-state index in [1.807, 2.05) is 26.0 Å². The number of carbonyl (C=O) groups excluding carboxylic acids is 2. The van der Waals surface area contributed by atoms with E-state index in [0.717, 1.165) is 74.2 Å². The van der Waals surface area contributed by atoms with Crippen molar-refractivity contribution in [2.75, 3.05) is 13.2 Å². The van der Waals surface area contributed by atoms with E-state index in [2.05, 4.69) is 61.3 Å². The number of aliphatic carboxylic acids is 2. The molecule has 2 amide bonds. The molecule has 14 nitrogen and oxygen atoms in total. The number of H-pyrrole nitrogens is 2. The van der Waals surface area contributed by atoms with Crippen molar-refractivity contribution in [3.8, 4) is 0 Å². The molecule has 5 rings (SSSR count). The first-order valence-corrected chi connectivity index (χ1v) is 17.9. The lowest BCUT2D eigenvalue weighted by Gasteiger charge is -2.05. The van der Waals surface area contributed by atoms with Crippen LogP contribution in [-0.4, -0.2) is 77.3 Å². The molecule has 0 aliphatic carbocycles. The fourth-order valence-corrected chi connectivity index (χ4v) is 6.44. The van der Waals surface area contributed by atoms with Crippen LogP contribution in [0.15, 0.2) is 24.3 Å². The lowest BCUT2D eigenvalue weighted by Crippen LogP contribution is -2.11. The highest BCUT2D eigenvalue weighted by Gasteiger charge is 2.23. The standard InChI is InChI=1S/C34H38N4O4.2C3H7NO2/c1-7-21-17(3)25-13-26-19(5)23(9-11-33(39)40)31(37-26)16-32-24(10-12-34(41)42)20(6)28(38-32)15-30-22(8-2)18(4)27(36-30)14-29(21)35-25;2*4-3(6)1-2-5/h13-16,35-36H,7-12H2,1-6H3,(H,39,40)(H,41,42);2*5H,1-2H2,(H2,4,6). The summed E-state index contributed by atoms with van der Waals surface area (Å²) in [4.78, 5) is 59.7. The fraction of sp³-hybridized carbons (Fsp3) is 0.400. The first kappa shape index (κ1) is 42.8. The number of aromatic nitrogens is 4. The highest BCUT2D eigenvalue weighted by molar-refractivity contribution is 5.96. The third-order valence-corrected chi connectivity index (χ3v) is 9.40. The molecular weight excluding hydrogens is 692 g/mol. The number of aromatic amines is 2. The number of nitrogens with two attached hydrogens (primary N) is 2. The van der Waals surface area contributed by atoms with Gasteiger partial charge in [-0.15, -0.1) is 0 Å². The third kappa shape index (κ3) is 10.7. The van der Waals surface area contributed by atoms with Gasteiger partial charge in [-0.2, -0.15) is 0 Å². The number of amides is 2. The molecule has 0 aromatic carbocycles. The summed E-state index contributed by atoms with van der Waals surface area (Å²) in [5, 5.41) is 34.8. The number of allylic oxidation sites excluding steroid dienone is 4. The number of nitrogens with one attached hydrogen (secondary N) is 2. The summed E-state index contributed by atoms with van der Waals surface area (Å²) in [5.74, 6) is -2.66. The van der Waals surface area contributed by atoms with Gasteiger partial charge in [-0.25, -0.2) is 9.97 Å². The molecule has 2 aliphatic heterocycles. The lowest BCUT2D eigenvalue weighted by molar-refractivity contribution is -0.137. The number of carboxylic acid groups (broad SMARTS) is 2. The topological polar surface area (TPSA) is 259 Å². The van der Waals surface area contributed by atoms with E-state index < -0.39 is 23.8 Å². The van der Waals surface area contributed by atoms with Crippen LogP contribution in [0.25, 0.3) is 44.4 Å². The van der Waals surface area contributed by atoms with Crippen molar-refractivity contribution in [1.29, 1.82) is 0 Å². The zero-order valence-electron chi connectivity index (χ0n) is 31.9. The monoisotopic (exact) mass is 744 g/mol. The largest absolute Gasteiger partial charge is 0.481 e. The van der Waals surface area contributed by atoms with Crippen molar-refractivity contribution in [2.45, 2.75) is 92.9 Å². The number of aliphatic hydroxyl groups is 2. The molecule has 0 fully saturated rings. The van der Waals surface area contributed by atoms with Gasteiger partial charge in [-0.1, -0.05) is 13.8 Å². The van der Waals surface area contributed by atoms with Crippen LogP contribution in [0, 0.1) is 13.8 Å². The van der Waals surface area contributed by atoms with Crippen molar-refractivity contribution >= 4 is 68.1 Å². The number of carbonyl (C=O) groups is 4. The van der Waals surface area contributed by atoms with E-state index in [1.54, 1.807) is 0 Å². The van der Waals surface area contributed by atoms with E-state index in [0.29, 0.717) is 24.2 Å². The number of rotatable bonds is 12. The van der Waals surface area contributed by atoms with Crippen LogP contribution in [0.2, 0.25) is 0 Å². The van der Waals surface area contributed by atoms with Gasteiger partial charge in [0.15, 0.2) is 0 Å². The average molecular weight is 745 g/mol. The third-order valence-electron chi connectivity index (χ3n) is 9.40. The molecule has 2 aliphatic rings. The number of aryl methyl sites for hydroxylation is 4. The minimum Gasteiger partial charge on any atom is -0.481 e. The van der Waals surface area contributed by atoms with Gasteiger partial charge in [-0.3, -0.25) is 19.2 Å². The summed E-state index contributed by atoms with van der Waals surface area (Å²) >= 11 is 0. The highest BCUT2D eigenvalue weighted by atomic mass is 16.4. The quantitative estimate of drug-likeness (QED) is 0.118. The van der Waals surface area contributed by atoms with E-state index >= 15 is 0 Å². The maximum Gasteiger partial charge on any atom is 0.303 e. The molecule has 10 N–H and O–H groups in total. The Morgan fingerprint density at radius 2 is 0.944 bits per heavy atom. The molecule has 0 unspecified atom stereocenters. The number of nitrogens with zero attached hydrogens (tertiary/aromatic N) is 2. The zero-order chi connectivity index (χ0) is 40.3. The van der Waals surface area contributed by atoms with E-state index in [9.17, 15) is 29.4 Å². The number of hydrogen-bond acceptors (Lipinski definition) is 8. The molecule has 0 spiro atoms. The van der Waals surface area contributed by atoms with Crippen molar-refractivity contribution in [1.82, 2.24) is 19.9 Å². The Morgan fingerprint density at radius 3 is 1.28 bits per heavy atom. The molecule has 54 heavy (non-hydrogen) atoms. The lowest BCUT2D eigenvalue weighted by atomic mass is 9.98. The summed E-state index contributed by atoms with van der Waals surface area (Å²) in [7, 11) is 0. The predicted molar refractivity (Wildman–Crippen MR) is 210 cm³/mol. The second kappa shape index (κ2) is 19.5. The van der Waals surface area contributed by atoms with Gasteiger partial charge in [0.25, 0.3) is 0 Å². The second-order valence-electron chi connectivity index (χ2n) is 13.0. The van der Waals surface area contributed by atoms with Gasteiger partial charge >= 0.3 is 11.9 Å². The first-order valence-electron chi connectivity index (χ1n) is 17.9. The first-order chi connectivity index (χ1) is 25.6. The average Bonchev–Trinajstić information content (AvgIpc) is 3.75. The Hall–Kier alpha value is -5.60. The van der Waals surface area contributed by atoms with Crippen molar-refractivity contribution < 1.29 is 39.6 Å². The fourth-order valence-electron chi connectivity index (χ4n) is 6.44. The summed E-state index contributed by atoms with van der Waals surface area (Å²) in [6, 6.07) is 8.19. The van der Waals surface area contributed by atoms with Crippen LogP contribution in [-0.2, 0) is 32.0 Å². The highest BCUT2D eigenvalue weighted by Crippen LogP contribution is 2.38. The minimum absolute atomic E-state index is 0.0138. The summed E-state index contributed by atoms with van der Waals surface area (Å²) in [6.07, 6.45) is 2.51. The van der Waals surface area contributed by atoms with E-state index in [-0.39, 0.29) is 38.9 Å². The molecule has 0 saturated carbocycles.